The van der Waals surface area contributed by atoms with E-state index in [2.05, 4.69) is 5.32 Å². The van der Waals surface area contributed by atoms with Crippen LogP contribution in [0.2, 0.25) is 0 Å². The van der Waals surface area contributed by atoms with Crippen LogP contribution in [0.3, 0.4) is 0 Å². The Labute approximate surface area is 181 Å². The third-order valence-electron chi connectivity index (χ3n) is 5.76. The van der Waals surface area contributed by atoms with Gasteiger partial charge in [0.15, 0.2) is 5.54 Å². The second-order valence-electron chi connectivity index (χ2n) is 9.23. The summed E-state index contributed by atoms with van der Waals surface area (Å²) in [6.45, 7) is 10.8. The van der Waals surface area contributed by atoms with E-state index in [1.807, 2.05) is 6.92 Å². The number of rotatable bonds is 5. The number of amides is 3. The highest BCUT2D eigenvalue weighted by Gasteiger charge is 2.68. The van der Waals surface area contributed by atoms with Crippen molar-refractivity contribution in [3.05, 3.63) is 35.4 Å². The minimum Gasteiger partial charge on any atom is -0.444 e. The Hall–Kier alpha value is -2.94. The number of benzene rings is 1. The Kier molecular flexibility index (Phi) is 5.60. The van der Waals surface area contributed by atoms with Crippen LogP contribution >= 0.6 is 0 Å². The fourth-order valence-electron chi connectivity index (χ4n) is 3.91. The normalized spacial score (nSPS) is 24.3. The van der Waals surface area contributed by atoms with Gasteiger partial charge in [0.1, 0.15) is 5.60 Å². The van der Waals surface area contributed by atoms with E-state index < -0.39 is 40.4 Å². The van der Waals surface area contributed by atoms with Crippen LogP contribution in [0.25, 0.3) is 0 Å². The number of hydrogen-bond donors (Lipinski definition) is 1. The number of hydroxylamine groups is 2. The predicted octanol–water partition coefficient (Wildman–Crippen LogP) is 2.84. The molecule has 1 aromatic rings. The van der Waals surface area contributed by atoms with E-state index >= 15 is 0 Å². The lowest BCUT2D eigenvalue weighted by Gasteiger charge is -2.58. The Morgan fingerprint density at radius 2 is 1.68 bits per heavy atom. The van der Waals surface area contributed by atoms with Gasteiger partial charge < -0.3 is 19.6 Å². The minimum atomic E-state index is -1.55. The van der Waals surface area contributed by atoms with Gasteiger partial charge >= 0.3 is 12.1 Å². The van der Waals surface area contributed by atoms with Crippen LogP contribution in [0.5, 0.6) is 0 Å². The average molecular weight is 432 g/mol. The lowest BCUT2D eigenvalue weighted by Crippen LogP contribution is -2.77. The highest BCUT2D eigenvalue weighted by atomic mass is 16.7. The van der Waals surface area contributed by atoms with E-state index in [0.29, 0.717) is 11.7 Å². The van der Waals surface area contributed by atoms with Crippen LogP contribution < -0.4 is 5.32 Å². The van der Waals surface area contributed by atoms with Gasteiger partial charge in [-0.25, -0.2) is 9.59 Å². The lowest BCUT2D eigenvalue weighted by molar-refractivity contribution is -0.214. The largest absolute Gasteiger partial charge is 0.444 e. The number of nitrogens with zero attached hydrogens (tertiary/aromatic N) is 1. The molecule has 1 aliphatic heterocycles. The number of carbonyl (C=O) groups is 4. The zero-order valence-corrected chi connectivity index (χ0v) is 18.6. The van der Waals surface area contributed by atoms with E-state index in [9.17, 15) is 19.2 Å². The first-order valence-electron chi connectivity index (χ1n) is 10.2. The third-order valence-corrected chi connectivity index (χ3v) is 5.76. The molecule has 2 aliphatic rings. The molecule has 168 valence electrons. The van der Waals surface area contributed by atoms with Crippen molar-refractivity contribution in [3.63, 3.8) is 0 Å². The van der Waals surface area contributed by atoms with E-state index in [1.165, 1.54) is 12.1 Å². The average Bonchev–Trinajstić information content (AvgIpc) is 2.90. The van der Waals surface area contributed by atoms with Gasteiger partial charge in [-0.15, -0.1) is 0 Å². The van der Waals surface area contributed by atoms with Gasteiger partial charge in [-0.3, -0.25) is 9.59 Å². The van der Waals surface area contributed by atoms with Crippen LogP contribution in [0, 0.1) is 5.41 Å². The molecule has 1 N–H and O–H groups in total. The maximum atomic E-state index is 13.3. The molecule has 31 heavy (non-hydrogen) atoms. The van der Waals surface area contributed by atoms with Crippen LogP contribution in [-0.2, 0) is 19.1 Å². The van der Waals surface area contributed by atoms with Crippen molar-refractivity contribution in [1.82, 2.24) is 10.4 Å². The summed E-state index contributed by atoms with van der Waals surface area (Å²) in [6, 6.07) is 6.19. The van der Waals surface area contributed by atoms with E-state index in [-0.39, 0.29) is 23.7 Å². The van der Waals surface area contributed by atoms with Crippen molar-refractivity contribution in [2.24, 2.45) is 5.41 Å². The van der Waals surface area contributed by atoms with Crippen molar-refractivity contribution < 1.29 is 33.5 Å². The number of fused-ring (bicyclic) bond motifs is 1. The summed E-state index contributed by atoms with van der Waals surface area (Å²) in [5.74, 6) is -2.41. The number of carbonyl (C=O) groups excluding carboxylic acids is 4. The Bertz CT molecular complexity index is 899. The van der Waals surface area contributed by atoms with Gasteiger partial charge in [0.2, 0.25) is 0 Å². The first kappa shape index (κ1) is 22.7. The number of alkyl carbamates (subject to hydrolysis) is 1. The maximum Gasteiger partial charge on any atom is 0.408 e. The van der Waals surface area contributed by atoms with Crippen LogP contribution in [0.1, 0.15) is 68.7 Å². The highest BCUT2D eigenvalue weighted by molar-refractivity contribution is 6.21. The maximum absolute atomic E-state index is 13.3. The molecular formula is C22H28N2O7. The summed E-state index contributed by atoms with van der Waals surface area (Å²) in [6.07, 6.45) is -1.05. The second-order valence-corrected chi connectivity index (χ2v) is 9.23. The van der Waals surface area contributed by atoms with E-state index in [4.69, 9.17) is 14.3 Å². The number of hydrogen-bond acceptors (Lipinski definition) is 7. The molecule has 0 bridgehead atoms. The molecule has 2 atom stereocenters. The molecule has 0 radical (unpaired) electrons. The van der Waals surface area contributed by atoms with Gasteiger partial charge in [0, 0.05) is 18.4 Å². The summed E-state index contributed by atoms with van der Waals surface area (Å²) in [5, 5.41) is 3.06. The molecule has 2 unspecified atom stereocenters. The molecule has 9 nitrogen and oxygen atoms in total. The molecule has 0 saturated heterocycles. The summed E-state index contributed by atoms with van der Waals surface area (Å²) >= 11 is 0. The van der Waals surface area contributed by atoms with Crippen molar-refractivity contribution >= 4 is 23.9 Å². The molecule has 1 heterocycles. The first-order valence-corrected chi connectivity index (χ1v) is 10.2. The molecule has 0 spiro atoms. The molecule has 1 aliphatic carbocycles. The number of imide groups is 1. The first-order chi connectivity index (χ1) is 14.3. The third kappa shape index (κ3) is 3.78. The Balaban J connectivity index is 1.87. The summed E-state index contributed by atoms with van der Waals surface area (Å²) < 4.78 is 11.0. The van der Waals surface area contributed by atoms with Gasteiger partial charge in [0.05, 0.1) is 17.2 Å². The predicted molar refractivity (Wildman–Crippen MR) is 109 cm³/mol. The number of ether oxygens (including phenoxy) is 2. The Morgan fingerprint density at radius 1 is 1.13 bits per heavy atom. The van der Waals surface area contributed by atoms with Crippen molar-refractivity contribution in [1.29, 1.82) is 0 Å². The monoisotopic (exact) mass is 432 g/mol. The fourth-order valence-corrected chi connectivity index (χ4v) is 3.91. The van der Waals surface area contributed by atoms with Gasteiger partial charge in [-0.2, -0.15) is 0 Å². The fraction of sp³-hybridized carbons (Fsp3) is 0.545. The molecule has 3 amide bonds. The molecule has 1 aromatic carbocycles. The van der Waals surface area contributed by atoms with Crippen molar-refractivity contribution in [3.8, 4) is 0 Å². The SMILES string of the molecule is CCOC1CC(NC(=O)OC(C)(C)C)(C(=O)ON2C(=O)c3ccccc3C2=O)C1(C)C. The Morgan fingerprint density at radius 3 is 2.13 bits per heavy atom. The lowest BCUT2D eigenvalue weighted by atomic mass is 9.54. The van der Waals surface area contributed by atoms with Crippen LogP contribution in [0.15, 0.2) is 24.3 Å². The quantitative estimate of drug-likeness (QED) is 0.712. The minimum absolute atomic E-state index is 0.106. The van der Waals surface area contributed by atoms with Crippen molar-refractivity contribution in [2.75, 3.05) is 6.61 Å². The van der Waals surface area contributed by atoms with E-state index in [1.54, 1.807) is 46.8 Å². The summed E-state index contributed by atoms with van der Waals surface area (Å²) in [4.78, 5) is 56.4. The summed E-state index contributed by atoms with van der Waals surface area (Å²) in [7, 11) is 0. The van der Waals surface area contributed by atoms with E-state index in [0.717, 1.165) is 0 Å². The molecule has 1 fully saturated rings. The van der Waals surface area contributed by atoms with Gasteiger partial charge in [-0.05, 0) is 39.8 Å². The topological polar surface area (TPSA) is 111 Å². The highest BCUT2D eigenvalue weighted by Crippen LogP contribution is 2.52. The smallest absolute Gasteiger partial charge is 0.408 e. The second kappa shape index (κ2) is 7.64. The molecule has 9 heteroatoms. The summed E-state index contributed by atoms with van der Waals surface area (Å²) in [5.41, 5.74) is -2.94. The van der Waals surface area contributed by atoms with Gasteiger partial charge in [-0.1, -0.05) is 31.0 Å². The van der Waals surface area contributed by atoms with Crippen LogP contribution in [0.4, 0.5) is 4.79 Å². The molecular weight excluding hydrogens is 404 g/mol. The van der Waals surface area contributed by atoms with Gasteiger partial charge in [0.25, 0.3) is 11.8 Å². The zero-order chi connectivity index (χ0) is 23.2. The zero-order valence-electron chi connectivity index (χ0n) is 18.6. The molecule has 0 aromatic heterocycles. The standard InChI is InChI=1S/C22H28N2O7/c1-7-29-15-12-22(21(15,5)6,23-19(28)30-20(2,3)4)18(27)31-24-16(25)13-10-8-9-11-14(13)17(24)26/h8-11,15H,7,12H2,1-6H3,(H,23,28). The molecule has 3 rings (SSSR count). The van der Waals surface area contributed by atoms with Crippen LogP contribution in [-0.4, -0.2) is 52.8 Å². The molecule has 1 saturated carbocycles. The number of nitrogens with one attached hydrogen (secondary N) is 1. The van der Waals surface area contributed by atoms with Crippen molar-refractivity contribution in [2.45, 2.75) is 65.2 Å².